The number of nitrogens with two attached hydrogens (primary N) is 2. The van der Waals surface area contributed by atoms with E-state index in [-0.39, 0.29) is 12.8 Å². The number of nitrogens with one attached hydrogen (secondary N) is 1. The van der Waals surface area contributed by atoms with Gasteiger partial charge in [-0.15, -0.1) is 0 Å². The quantitative estimate of drug-likeness (QED) is 0.110. The second kappa shape index (κ2) is 11.3. The Morgan fingerprint density at radius 1 is 1.29 bits per heavy atom. The van der Waals surface area contributed by atoms with Gasteiger partial charge in [-0.25, -0.2) is 4.79 Å². The highest BCUT2D eigenvalue weighted by Gasteiger charge is 2.53. The molecule has 1 heterocycles. The number of amides is 2. The maximum atomic E-state index is 11.8. The third-order valence-electron chi connectivity index (χ3n) is 4.68. The van der Waals surface area contributed by atoms with Crippen molar-refractivity contribution < 1.29 is 54.2 Å². The third kappa shape index (κ3) is 8.01. The van der Waals surface area contributed by atoms with E-state index in [0.29, 0.717) is 0 Å². The molecular formula is C17H29N3O11. The number of aliphatic hydroxyl groups excluding tert-OH is 3. The molecule has 7 atom stereocenters. The molecule has 178 valence electrons. The fourth-order valence-electron chi connectivity index (χ4n) is 3.14. The molecule has 31 heavy (non-hydrogen) atoms. The molecule has 1 rings (SSSR count). The van der Waals surface area contributed by atoms with E-state index < -0.39 is 85.5 Å². The Bertz CT molecular complexity index is 676. The molecule has 0 aromatic rings. The Labute approximate surface area is 177 Å². The van der Waals surface area contributed by atoms with Gasteiger partial charge in [0.15, 0.2) is 0 Å². The summed E-state index contributed by atoms with van der Waals surface area (Å²) in [6.45, 7) is 0.477. The van der Waals surface area contributed by atoms with Crippen LogP contribution in [0.1, 0.15) is 32.6 Å². The Balaban J connectivity index is 2.82. The first-order valence-corrected chi connectivity index (χ1v) is 9.42. The van der Waals surface area contributed by atoms with Crippen molar-refractivity contribution in [1.82, 2.24) is 5.32 Å². The van der Waals surface area contributed by atoms with E-state index in [1.807, 2.05) is 0 Å². The summed E-state index contributed by atoms with van der Waals surface area (Å²) in [4.78, 5) is 45.1. The minimum atomic E-state index is -2.80. The Morgan fingerprint density at radius 2 is 1.90 bits per heavy atom. The lowest BCUT2D eigenvalue weighted by molar-refractivity contribution is -0.297. The van der Waals surface area contributed by atoms with Gasteiger partial charge in [0, 0.05) is 26.2 Å². The molecule has 0 radical (unpaired) electrons. The summed E-state index contributed by atoms with van der Waals surface area (Å²) in [5, 5.41) is 52.0. The maximum Gasteiger partial charge on any atom is 0.364 e. The zero-order valence-corrected chi connectivity index (χ0v) is 16.8. The Hall–Kier alpha value is -2.36. The van der Waals surface area contributed by atoms with Gasteiger partial charge in [-0.1, -0.05) is 0 Å². The maximum absolute atomic E-state index is 11.8. The van der Waals surface area contributed by atoms with E-state index in [4.69, 9.17) is 26.0 Å². The molecule has 0 aromatic heterocycles. The smallest absolute Gasteiger partial charge is 0.364 e. The van der Waals surface area contributed by atoms with Crippen molar-refractivity contribution in [2.75, 3.05) is 6.61 Å². The van der Waals surface area contributed by atoms with Crippen LogP contribution < -0.4 is 16.8 Å². The molecule has 0 unspecified atom stereocenters. The van der Waals surface area contributed by atoms with Crippen molar-refractivity contribution in [2.45, 2.75) is 69.0 Å². The third-order valence-corrected chi connectivity index (χ3v) is 4.68. The van der Waals surface area contributed by atoms with Crippen molar-refractivity contribution in [3.05, 3.63) is 0 Å². The molecule has 14 nitrogen and oxygen atoms in total. The zero-order chi connectivity index (χ0) is 23.9. The van der Waals surface area contributed by atoms with E-state index in [1.165, 1.54) is 0 Å². The highest BCUT2D eigenvalue weighted by molar-refractivity contribution is 5.78. The lowest BCUT2D eigenvalue weighted by Crippen LogP contribution is -2.61. The van der Waals surface area contributed by atoms with E-state index in [0.717, 1.165) is 6.92 Å². The number of rotatable bonds is 11. The molecule has 1 fully saturated rings. The average Bonchev–Trinajstić information content (AvgIpc) is 2.62. The normalized spacial score (nSPS) is 28.8. The Kier molecular flexibility index (Phi) is 9.73. The van der Waals surface area contributed by atoms with Crippen LogP contribution in [0.2, 0.25) is 0 Å². The minimum absolute atomic E-state index is 0.0706. The van der Waals surface area contributed by atoms with Crippen molar-refractivity contribution >= 4 is 23.8 Å². The molecule has 0 spiro atoms. The van der Waals surface area contributed by atoms with E-state index in [2.05, 4.69) is 5.32 Å². The van der Waals surface area contributed by atoms with Crippen LogP contribution in [0.5, 0.6) is 0 Å². The predicted octanol–water partition coefficient (Wildman–Crippen LogP) is -4.13. The first-order valence-electron chi connectivity index (χ1n) is 9.42. The van der Waals surface area contributed by atoms with Crippen LogP contribution in [0.25, 0.3) is 0 Å². The zero-order valence-electron chi connectivity index (χ0n) is 16.8. The van der Waals surface area contributed by atoms with Gasteiger partial charge < -0.3 is 51.8 Å². The molecule has 2 amide bonds. The molecule has 1 aliphatic rings. The molecule has 0 aliphatic carbocycles. The molecule has 1 saturated heterocycles. The predicted molar refractivity (Wildman–Crippen MR) is 99.4 cm³/mol. The fourth-order valence-corrected chi connectivity index (χ4v) is 3.14. The lowest BCUT2D eigenvalue weighted by atomic mass is 9.83. The first-order chi connectivity index (χ1) is 14.3. The number of aliphatic carboxylic acids is 1. The number of carbonyl (C=O) groups is 4. The number of primary amides is 1. The monoisotopic (exact) mass is 451 g/mol. The van der Waals surface area contributed by atoms with Gasteiger partial charge in [0.1, 0.15) is 18.9 Å². The van der Waals surface area contributed by atoms with Crippen molar-refractivity contribution in [3.63, 3.8) is 0 Å². The molecule has 1 aliphatic heterocycles. The van der Waals surface area contributed by atoms with Gasteiger partial charge in [0.2, 0.25) is 11.8 Å². The number of aliphatic hydroxyl groups is 4. The number of esters is 1. The summed E-state index contributed by atoms with van der Waals surface area (Å²) in [5.41, 5.74) is 10.5. The van der Waals surface area contributed by atoms with Crippen LogP contribution in [-0.4, -0.2) is 92.3 Å². The number of hydrogen-bond donors (Lipinski definition) is 8. The van der Waals surface area contributed by atoms with Crippen molar-refractivity contribution in [1.29, 1.82) is 0 Å². The number of carboxylic acid groups (broad SMARTS) is 1. The summed E-state index contributed by atoms with van der Waals surface area (Å²) in [6, 6.07) is -1.17. The van der Waals surface area contributed by atoms with Crippen LogP contribution in [-0.2, 0) is 28.7 Å². The van der Waals surface area contributed by atoms with Gasteiger partial charge in [0.05, 0.1) is 24.2 Å². The number of ether oxygens (including phenoxy) is 2. The highest BCUT2D eigenvalue weighted by atomic mass is 16.7. The highest BCUT2D eigenvalue weighted by Crippen LogP contribution is 2.35. The van der Waals surface area contributed by atoms with Crippen LogP contribution in [0.4, 0.5) is 0 Å². The molecule has 10 N–H and O–H groups in total. The van der Waals surface area contributed by atoms with Crippen LogP contribution >= 0.6 is 0 Å². The van der Waals surface area contributed by atoms with Gasteiger partial charge in [-0.2, -0.15) is 0 Å². The molecule has 0 saturated carbocycles. The topological polar surface area (TPSA) is 252 Å². The average molecular weight is 451 g/mol. The second-order valence-corrected chi connectivity index (χ2v) is 7.37. The van der Waals surface area contributed by atoms with Gasteiger partial charge >= 0.3 is 11.9 Å². The van der Waals surface area contributed by atoms with E-state index in [1.54, 1.807) is 0 Å². The standard InChI is InChI=1S/C17H29N3O11/c1-7(21)20-14(25)13-10(23)5-17(29,16(27)28)31-11(13)4-8(22)6-30-15(26)9(18)2-3-12(19)24/h8-11,13-14,22-23,25,29H,2-6,18H2,1H3,(H2,19,24)(H,20,21)(H,27,28)/t8-,9+,10-,11-,13-,14-,17-/m0/s1. The van der Waals surface area contributed by atoms with E-state index in [9.17, 15) is 39.6 Å². The van der Waals surface area contributed by atoms with Crippen LogP contribution in [0.3, 0.4) is 0 Å². The van der Waals surface area contributed by atoms with Crippen molar-refractivity contribution in [2.24, 2.45) is 17.4 Å². The summed E-state index contributed by atoms with van der Waals surface area (Å²) in [6.07, 6.45) is -7.76. The van der Waals surface area contributed by atoms with Gasteiger partial charge in [-0.05, 0) is 6.42 Å². The van der Waals surface area contributed by atoms with E-state index >= 15 is 0 Å². The van der Waals surface area contributed by atoms with Gasteiger partial charge in [0.25, 0.3) is 5.79 Å². The summed E-state index contributed by atoms with van der Waals surface area (Å²) >= 11 is 0. The summed E-state index contributed by atoms with van der Waals surface area (Å²) in [5.74, 6) is -8.16. The molecule has 0 aromatic carbocycles. The number of carbonyl (C=O) groups excluding carboxylic acids is 3. The molecule has 14 heteroatoms. The Morgan fingerprint density at radius 3 is 2.42 bits per heavy atom. The van der Waals surface area contributed by atoms with Crippen LogP contribution in [0.15, 0.2) is 0 Å². The number of carboxylic acids is 1. The van der Waals surface area contributed by atoms with Crippen LogP contribution in [0, 0.1) is 5.92 Å². The van der Waals surface area contributed by atoms with Crippen molar-refractivity contribution in [3.8, 4) is 0 Å². The SMILES string of the molecule is CC(=O)N[C@@H](O)[C@@H]1[C@H](C[C@H](O)COC(=O)[C@H](N)CCC(N)=O)O[C@](O)(C(=O)O)C[C@@H]1O. The summed E-state index contributed by atoms with van der Waals surface area (Å²) in [7, 11) is 0. The second-order valence-electron chi connectivity index (χ2n) is 7.37. The molecular weight excluding hydrogens is 422 g/mol. The fraction of sp³-hybridized carbons (Fsp3) is 0.765. The summed E-state index contributed by atoms with van der Waals surface area (Å²) < 4.78 is 9.95. The van der Waals surface area contributed by atoms with Gasteiger partial charge in [-0.3, -0.25) is 14.4 Å². The largest absolute Gasteiger partial charge is 0.477 e. The first kappa shape index (κ1) is 26.7. The number of hydrogen-bond acceptors (Lipinski definition) is 11. The lowest BCUT2D eigenvalue weighted by Gasteiger charge is -2.44. The molecule has 0 bridgehead atoms. The minimum Gasteiger partial charge on any atom is -0.477 e.